The summed E-state index contributed by atoms with van der Waals surface area (Å²) < 4.78 is 28.0. The van der Waals surface area contributed by atoms with Gasteiger partial charge in [0.2, 0.25) is 5.91 Å². The molecule has 2 nitrogen and oxygen atoms in total. The van der Waals surface area contributed by atoms with Crippen molar-refractivity contribution in [2.75, 3.05) is 4.90 Å². The number of hydrogen-bond donors (Lipinski definition) is 0. The number of anilines is 1. The molecule has 2 rings (SSSR count). The number of halogens is 2. The van der Waals surface area contributed by atoms with Gasteiger partial charge < -0.3 is 4.90 Å². The Bertz CT molecular complexity index is 566. The van der Waals surface area contributed by atoms with Crippen molar-refractivity contribution >= 4 is 11.6 Å². The number of rotatable bonds is 5. The van der Waals surface area contributed by atoms with Crippen LogP contribution in [0.15, 0.2) is 24.3 Å². The molecule has 0 aliphatic carbocycles. The van der Waals surface area contributed by atoms with E-state index in [0.29, 0.717) is 5.56 Å². The minimum Gasteiger partial charge on any atom is -0.309 e. The van der Waals surface area contributed by atoms with Gasteiger partial charge in [-0.2, -0.15) is 8.78 Å². The highest BCUT2D eigenvalue weighted by Crippen LogP contribution is 2.59. The molecule has 0 saturated carbocycles. The average molecular weight is 308 g/mol. The summed E-state index contributed by atoms with van der Waals surface area (Å²) in [6, 6.07) is 7.27. The molecule has 0 N–H and O–H groups in total. The van der Waals surface area contributed by atoms with Crippen LogP contribution in [0.2, 0.25) is 0 Å². The number of para-hydroxylation sites is 1. The van der Waals surface area contributed by atoms with Gasteiger partial charge in [-0.15, -0.1) is 0 Å². The summed E-state index contributed by atoms with van der Waals surface area (Å²) in [6.45, 7) is 8.98. The van der Waals surface area contributed by atoms with Gasteiger partial charge in [0.05, 0.1) is 10.8 Å². The molecule has 1 aromatic rings. The lowest BCUT2D eigenvalue weighted by molar-refractivity contribution is -0.130. The third-order valence-corrected chi connectivity index (χ3v) is 5.39. The summed E-state index contributed by atoms with van der Waals surface area (Å²) in [5.74, 6) is -0.222. The fourth-order valence-corrected chi connectivity index (χ4v) is 3.96. The molecule has 121 valence electrons. The van der Waals surface area contributed by atoms with Gasteiger partial charge in [-0.1, -0.05) is 32.0 Å². The van der Waals surface area contributed by atoms with Crippen LogP contribution >= 0.6 is 0 Å². The summed E-state index contributed by atoms with van der Waals surface area (Å²) in [5, 5.41) is 0. The number of carbonyl (C=O) groups is 1. The van der Waals surface area contributed by atoms with Crippen molar-refractivity contribution in [2.24, 2.45) is 5.41 Å². The predicted molar refractivity (Wildman–Crippen MR) is 84.9 cm³/mol. The van der Waals surface area contributed by atoms with E-state index in [-0.39, 0.29) is 24.8 Å². The molecular weight excluding hydrogens is 284 g/mol. The zero-order valence-corrected chi connectivity index (χ0v) is 13.9. The maximum Gasteiger partial charge on any atom is 0.317 e. The molecule has 1 heterocycles. The molecule has 0 saturated heterocycles. The van der Waals surface area contributed by atoms with Crippen molar-refractivity contribution in [3.63, 3.8) is 0 Å². The Labute approximate surface area is 131 Å². The minimum atomic E-state index is -1.64. The average Bonchev–Trinajstić information content (AvgIpc) is 2.70. The zero-order valence-electron chi connectivity index (χ0n) is 13.9. The van der Waals surface area contributed by atoms with Crippen molar-refractivity contribution < 1.29 is 13.6 Å². The van der Waals surface area contributed by atoms with E-state index in [1.54, 1.807) is 25.7 Å². The molecule has 1 atom stereocenters. The lowest BCUT2D eigenvalue weighted by Crippen LogP contribution is -2.53. The van der Waals surface area contributed by atoms with Gasteiger partial charge in [0.1, 0.15) is 0 Å². The van der Waals surface area contributed by atoms with Gasteiger partial charge in [0, 0.05) is 11.7 Å². The second-order valence-electron chi connectivity index (χ2n) is 6.46. The van der Waals surface area contributed by atoms with Gasteiger partial charge in [-0.05, 0) is 45.2 Å². The van der Waals surface area contributed by atoms with Crippen molar-refractivity contribution in [2.45, 2.75) is 58.9 Å². The molecule has 1 unspecified atom stereocenters. The number of nitrogens with zero attached hydrogens (tertiary/aromatic N) is 1. The van der Waals surface area contributed by atoms with E-state index in [1.165, 1.54) is 0 Å². The van der Waals surface area contributed by atoms with Crippen molar-refractivity contribution in [1.29, 1.82) is 0 Å². The van der Waals surface area contributed by atoms with Crippen molar-refractivity contribution in [3.8, 4) is 0 Å². The van der Waals surface area contributed by atoms with Crippen LogP contribution in [-0.4, -0.2) is 11.9 Å². The van der Waals surface area contributed by atoms with Gasteiger partial charge >= 0.3 is 6.43 Å². The number of fused-ring (bicyclic) bond motifs is 1. The van der Waals surface area contributed by atoms with E-state index in [1.807, 2.05) is 38.1 Å². The lowest BCUT2D eigenvalue weighted by atomic mass is 9.58. The van der Waals surface area contributed by atoms with E-state index in [2.05, 4.69) is 0 Å². The van der Waals surface area contributed by atoms with E-state index in [0.717, 1.165) is 5.69 Å². The first-order valence-electron chi connectivity index (χ1n) is 7.89. The Morgan fingerprint density at radius 2 is 1.77 bits per heavy atom. The standard InChI is InChI=1S/C18H24F2NO/c1-6-18(7-2,15(19)20)17(5)13-10-8-9-11-14(13)21(12(3)4)16(17)22/h8-12H,6-7H2,1-5H3. The molecule has 0 spiro atoms. The maximum atomic E-state index is 14.0. The second-order valence-corrected chi connectivity index (χ2v) is 6.46. The Kier molecular flexibility index (Phi) is 4.33. The monoisotopic (exact) mass is 308 g/mol. The summed E-state index contributed by atoms with van der Waals surface area (Å²) in [6.07, 6.45) is -1.18. The third-order valence-electron chi connectivity index (χ3n) is 5.39. The minimum absolute atomic E-state index is 0.0652. The molecule has 1 amide bonds. The normalized spacial score (nSPS) is 21.9. The largest absolute Gasteiger partial charge is 0.317 e. The van der Waals surface area contributed by atoms with E-state index in [9.17, 15) is 13.6 Å². The predicted octanol–water partition coefficient (Wildman–Crippen LogP) is 4.93. The van der Waals surface area contributed by atoms with Crippen LogP contribution in [0, 0.1) is 11.8 Å². The highest BCUT2D eigenvalue weighted by molar-refractivity contribution is 6.09. The number of hydrogen-bond acceptors (Lipinski definition) is 1. The van der Waals surface area contributed by atoms with Crippen molar-refractivity contribution in [3.05, 3.63) is 36.3 Å². The van der Waals surface area contributed by atoms with Crippen LogP contribution < -0.4 is 4.90 Å². The summed E-state index contributed by atoms with van der Waals surface area (Å²) in [7, 11) is 0. The lowest BCUT2D eigenvalue weighted by Gasteiger charge is -2.43. The Morgan fingerprint density at radius 1 is 1.23 bits per heavy atom. The molecule has 22 heavy (non-hydrogen) atoms. The maximum absolute atomic E-state index is 14.0. The smallest absolute Gasteiger partial charge is 0.309 e. The molecule has 4 heteroatoms. The number of carbonyl (C=O) groups excluding carboxylic acids is 1. The van der Waals surface area contributed by atoms with E-state index < -0.39 is 17.3 Å². The van der Waals surface area contributed by atoms with Crippen LogP contribution in [0.3, 0.4) is 0 Å². The van der Waals surface area contributed by atoms with Gasteiger partial charge in [-0.3, -0.25) is 4.79 Å². The van der Waals surface area contributed by atoms with Gasteiger partial charge in [0.25, 0.3) is 0 Å². The first-order valence-corrected chi connectivity index (χ1v) is 7.89. The third kappa shape index (κ3) is 1.92. The second kappa shape index (κ2) is 5.64. The van der Waals surface area contributed by atoms with Crippen LogP contribution in [0.25, 0.3) is 0 Å². The van der Waals surface area contributed by atoms with Gasteiger partial charge in [-0.25, -0.2) is 0 Å². The summed E-state index contributed by atoms with van der Waals surface area (Å²) in [4.78, 5) is 14.8. The molecule has 1 aliphatic heterocycles. The number of benzene rings is 1. The highest BCUT2D eigenvalue weighted by Gasteiger charge is 2.63. The Hall–Kier alpha value is -1.45. The van der Waals surface area contributed by atoms with Crippen LogP contribution in [-0.2, 0) is 10.2 Å². The quantitative estimate of drug-likeness (QED) is 0.755. The molecule has 0 bridgehead atoms. The topological polar surface area (TPSA) is 20.3 Å². The Balaban J connectivity index is 2.76. The van der Waals surface area contributed by atoms with Crippen LogP contribution in [0.5, 0.6) is 0 Å². The van der Waals surface area contributed by atoms with Crippen LogP contribution in [0.1, 0.15) is 53.0 Å². The highest BCUT2D eigenvalue weighted by atomic mass is 19.3. The van der Waals surface area contributed by atoms with Gasteiger partial charge in [0.15, 0.2) is 0 Å². The first-order chi connectivity index (χ1) is 10.3. The van der Waals surface area contributed by atoms with Crippen molar-refractivity contribution in [1.82, 2.24) is 0 Å². The number of amides is 1. The zero-order chi connectivity index (χ0) is 16.7. The fraction of sp³-hybridized carbons (Fsp3) is 0.556. The van der Waals surface area contributed by atoms with Crippen LogP contribution in [0.4, 0.5) is 14.5 Å². The van der Waals surface area contributed by atoms with E-state index >= 15 is 0 Å². The molecule has 1 radical (unpaired) electrons. The SMILES string of the molecule is CCC(CC)([C](F)F)C1(C)C(=O)N(C(C)C)c2ccccc21. The first kappa shape index (κ1) is 16.9. The molecule has 0 fully saturated rings. The Morgan fingerprint density at radius 3 is 2.23 bits per heavy atom. The molecule has 1 aromatic carbocycles. The summed E-state index contributed by atoms with van der Waals surface area (Å²) in [5.41, 5.74) is -1.18. The van der Waals surface area contributed by atoms with E-state index in [4.69, 9.17) is 0 Å². The molecule has 1 aliphatic rings. The summed E-state index contributed by atoms with van der Waals surface area (Å²) >= 11 is 0. The molecule has 0 aromatic heterocycles. The fourth-order valence-electron chi connectivity index (χ4n) is 3.96. The molecular formula is C18H24F2NO.